The number of hydrogen-bond acceptors (Lipinski definition) is 5. The van der Waals surface area contributed by atoms with Crippen LogP contribution in [0.2, 0.25) is 0 Å². The fourth-order valence-corrected chi connectivity index (χ4v) is 3.45. The van der Waals surface area contributed by atoms with Crippen molar-refractivity contribution in [1.82, 2.24) is 0 Å². The molecular formula is C28H37NO4. The lowest BCUT2D eigenvalue weighted by Crippen LogP contribution is -2.08. The van der Waals surface area contributed by atoms with Gasteiger partial charge in [0, 0.05) is 11.4 Å². The summed E-state index contributed by atoms with van der Waals surface area (Å²) in [5.74, 6) is 0.779. The van der Waals surface area contributed by atoms with Gasteiger partial charge in [-0.2, -0.15) is 0 Å². The number of rotatable bonds is 15. The van der Waals surface area contributed by atoms with E-state index in [1.807, 2.05) is 6.92 Å². The second-order valence-electron chi connectivity index (χ2n) is 8.32. The van der Waals surface area contributed by atoms with Gasteiger partial charge >= 0.3 is 5.97 Å². The van der Waals surface area contributed by atoms with Gasteiger partial charge in [0.1, 0.15) is 11.5 Å². The Morgan fingerprint density at radius 2 is 1.36 bits per heavy atom. The number of nitrogens with one attached hydrogen (secondary N) is 1. The molecule has 0 aliphatic heterocycles. The van der Waals surface area contributed by atoms with Crippen LogP contribution >= 0.6 is 0 Å². The Morgan fingerprint density at radius 3 is 1.97 bits per heavy atom. The fourth-order valence-electron chi connectivity index (χ4n) is 3.45. The van der Waals surface area contributed by atoms with E-state index >= 15 is 0 Å². The van der Waals surface area contributed by atoms with Crippen LogP contribution in [0.4, 0.5) is 5.69 Å². The minimum Gasteiger partial charge on any atom is -0.494 e. The first-order chi connectivity index (χ1) is 16.0. The average Bonchev–Trinajstić information content (AvgIpc) is 2.79. The largest absolute Gasteiger partial charge is 0.494 e. The zero-order chi connectivity index (χ0) is 23.9. The molecular weight excluding hydrogens is 414 g/mol. The van der Waals surface area contributed by atoms with Crippen molar-refractivity contribution in [2.24, 2.45) is 0 Å². The van der Waals surface area contributed by atoms with Crippen LogP contribution in [0.1, 0.15) is 82.5 Å². The summed E-state index contributed by atoms with van der Waals surface area (Å²) in [5, 5.41) is 3.12. The van der Waals surface area contributed by atoms with Crippen LogP contribution in [-0.4, -0.2) is 18.4 Å². The third kappa shape index (κ3) is 10.9. The molecule has 0 fully saturated rings. The van der Waals surface area contributed by atoms with E-state index in [1.54, 1.807) is 48.5 Å². The van der Waals surface area contributed by atoms with Gasteiger partial charge in [0.15, 0.2) is 5.78 Å². The van der Waals surface area contributed by atoms with Crippen molar-refractivity contribution in [2.45, 2.75) is 72.1 Å². The highest BCUT2D eigenvalue weighted by atomic mass is 16.5. The number of esters is 1. The Hall–Kier alpha value is -3.08. The second-order valence-corrected chi connectivity index (χ2v) is 8.32. The van der Waals surface area contributed by atoms with Gasteiger partial charge in [-0.15, -0.1) is 0 Å². The molecule has 0 saturated heterocycles. The van der Waals surface area contributed by atoms with Gasteiger partial charge in [0.05, 0.1) is 12.2 Å². The number of carbonyl (C=O) groups is 2. The molecule has 0 aliphatic carbocycles. The molecule has 33 heavy (non-hydrogen) atoms. The number of unbranched alkanes of at least 4 members (excludes halogenated alkanes) is 7. The number of anilines is 1. The Kier molecular flexibility index (Phi) is 11.8. The molecule has 0 saturated carbocycles. The molecule has 0 atom stereocenters. The SMILES string of the molecule is CCCCCCCCCCOc1ccc(C(=O)Oc2ccc(N/C(C)=C\C(C)=O)cc2)cc1. The molecule has 2 rings (SSSR count). The Morgan fingerprint density at radius 1 is 0.788 bits per heavy atom. The standard InChI is InChI=1S/C28H37NO4/c1-4-5-6-7-8-9-10-11-20-32-26-16-12-24(13-17-26)28(31)33-27-18-14-25(15-19-27)29-22(2)21-23(3)30/h12-19,21,29H,4-11,20H2,1-3H3/b22-21-. The first kappa shape index (κ1) is 26.2. The molecule has 0 amide bonds. The van der Waals surface area contributed by atoms with Crippen molar-refractivity contribution in [2.75, 3.05) is 11.9 Å². The zero-order valence-electron chi connectivity index (χ0n) is 20.2. The quantitative estimate of drug-likeness (QED) is 0.133. The highest BCUT2D eigenvalue weighted by Gasteiger charge is 2.09. The van der Waals surface area contributed by atoms with E-state index < -0.39 is 5.97 Å². The smallest absolute Gasteiger partial charge is 0.343 e. The molecule has 5 nitrogen and oxygen atoms in total. The molecule has 2 aromatic rings. The summed E-state index contributed by atoms with van der Waals surface area (Å²) in [6.45, 7) is 6.26. The summed E-state index contributed by atoms with van der Waals surface area (Å²) in [5.41, 5.74) is 2.02. The van der Waals surface area contributed by atoms with Crippen LogP contribution in [0.15, 0.2) is 60.3 Å². The number of allylic oxidation sites excluding steroid dienone is 2. The molecule has 0 spiro atoms. The summed E-state index contributed by atoms with van der Waals surface area (Å²) in [7, 11) is 0. The molecule has 0 aromatic heterocycles. The molecule has 0 bridgehead atoms. The maximum Gasteiger partial charge on any atom is 0.343 e. The van der Waals surface area contributed by atoms with E-state index in [1.165, 1.54) is 57.9 Å². The first-order valence-corrected chi connectivity index (χ1v) is 12.0. The van der Waals surface area contributed by atoms with Crippen molar-refractivity contribution in [1.29, 1.82) is 0 Å². The van der Waals surface area contributed by atoms with E-state index in [4.69, 9.17) is 9.47 Å². The maximum absolute atomic E-state index is 12.4. The van der Waals surface area contributed by atoms with Crippen LogP contribution in [0.5, 0.6) is 11.5 Å². The highest BCUT2D eigenvalue weighted by molar-refractivity contribution is 5.91. The van der Waals surface area contributed by atoms with Gasteiger partial charge in [-0.05, 0) is 74.9 Å². The van der Waals surface area contributed by atoms with Gasteiger partial charge in [0.25, 0.3) is 0 Å². The van der Waals surface area contributed by atoms with Crippen molar-refractivity contribution in [3.05, 3.63) is 65.9 Å². The minimum absolute atomic E-state index is 0.0184. The monoisotopic (exact) mass is 451 g/mol. The molecule has 1 N–H and O–H groups in total. The van der Waals surface area contributed by atoms with Crippen LogP contribution in [0, 0.1) is 0 Å². The Bertz CT molecular complexity index is 885. The van der Waals surface area contributed by atoms with Gasteiger partial charge in [0.2, 0.25) is 0 Å². The molecule has 0 heterocycles. The van der Waals surface area contributed by atoms with Crippen LogP contribution < -0.4 is 14.8 Å². The van der Waals surface area contributed by atoms with E-state index in [0.29, 0.717) is 17.9 Å². The first-order valence-electron chi connectivity index (χ1n) is 12.0. The van der Waals surface area contributed by atoms with Crippen LogP contribution in [0.3, 0.4) is 0 Å². The van der Waals surface area contributed by atoms with E-state index in [0.717, 1.165) is 23.6 Å². The van der Waals surface area contributed by atoms with Gasteiger partial charge in [-0.25, -0.2) is 4.79 Å². The molecule has 0 aliphatic rings. The summed E-state index contributed by atoms with van der Waals surface area (Å²) >= 11 is 0. The van der Waals surface area contributed by atoms with Crippen molar-refractivity contribution in [3.63, 3.8) is 0 Å². The zero-order valence-corrected chi connectivity index (χ0v) is 20.2. The summed E-state index contributed by atoms with van der Waals surface area (Å²) < 4.78 is 11.2. The van der Waals surface area contributed by atoms with Crippen molar-refractivity contribution in [3.8, 4) is 11.5 Å². The number of carbonyl (C=O) groups excluding carboxylic acids is 2. The van der Waals surface area contributed by atoms with Crippen molar-refractivity contribution >= 4 is 17.4 Å². The lowest BCUT2D eigenvalue weighted by Gasteiger charge is -2.09. The Balaban J connectivity index is 1.71. The predicted octanol–water partition coefficient (Wildman–Crippen LogP) is 7.33. The summed E-state index contributed by atoms with van der Waals surface area (Å²) in [4.78, 5) is 23.5. The lowest BCUT2D eigenvalue weighted by atomic mass is 10.1. The van der Waals surface area contributed by atoms with Crippen LogP contribution in [0.25, 0.3) is 0 Å². The third-order valence-corrected chi connectivity index (χ3v) is 5.18. The minimum atomic E-state index is -0.419. The number of ether oxygens (including phenoxy) is 2. The third-order valence-electron chi connectivity index (χ3n) is 5.18. The normalized spacial score (nSPS) is 11.2. The topological polar surface area (TPSA) is 64.6 Å². The van der Waals surface area contributed by atoms with Gasteiger partial charge in [-0.3, -0.25) is 4.79 Å². The summed E-state index contributed by atoms with van der Waals surface area (Å²) in [6, 6.07) is 14.1. The number of ketones is 1. The molecule has 2 aromatic carbocycles. The summed E-state index contributed by atoms with van der Waals surface area (Å²) in [6.07, 6.45) is 11.7. The highest BCUT2D eigenvalue weighted by Crippen LogP contribution is 2.19. The molecule has 178 valence electrons. The predicted molar refractivity (Wildman–Crippen MR) is 134 cm³/mol. The Labute approximate surface area is 198 Å². The molecule has 0 unspecified atom stereocenters. The molecule has 5 heteroatoms. The number of hydrogen-bond donors (Lipinski definition) is 1. The van der Waals surface area contributed by atoms with E-state index in [9.17, 15) is 9.59 Å². The fraction of sp³-hybridized carbons (Fsp3) is 0.429. The van der Waals surface area contributed by atoms with Crippen LogP contribution in [-0.2, 0) is 4.79 Å². The van der Waals surface area contributed by atoms with Gasteiger partial charge < -0.3 is 14.8 Å². The van der Waals surface area contributed by atoms with Gasteiger partial charge in [-0.1, -0.05) is 51.9 Å². The van der Waals surface area contributed by atoms with E-state index in [2.05, 4.69) is 12.2 Å². The molecule has 0 radical (unpaired) electrons. The average molecular weight is 452 g/mol. The lowest BCUT2D eigenvalue weighted by molar-refractivity contribution is -0.112. The second kappa shape index (κ2) is 14.9. The maximum atomic E-state index is 12.4. The number of benzene rings is 2. The van der Waals surface area contributed by atoms with E-state index in [-0.39, 0.29) is 5.78 Å². The van der Waals surface area contributed by atoms with Crippen molar-refractivity contribution < 1.29 is 19.1 Å².